The Labute approximate surface area is 227 Å². The van der Waals surface area contributed by atoms with Crippen LogP contribution >= 0.6 is 11.3 Å². The summed E-state index contributed by atoms with van der Waals surface area (Å²) in [6.07, 6.45) is 3.12. The van der Waals surface area contributed by atoms with Crippen LogP contribution in [-0.4, -0.2) is 65.7 Å². The van der Waals surface area contributed by atoms with Crippen molar-refractivity contribution in [3.63, 3.8) is 0 Å². The maximum atomic E-state index is 12.7. The highest BCUT2D eigenvalue weighted by molar-refractivity contribution is 7.90. The zero-order valence-corrected chi connectivity index (χ0v) is 22.4. The van der Waals surface area contributed by atoms with Gasteiger partial charge >= 0.3 is 0 Å². The fourth-order valence-electron chi connectivity index (χ4n) is 4.82. The molecule has 3 N–H and O–H groups in total. The molecule has 2 aliphatic rings. The molecule has 0 unspecified atom stereocenters. The van der Waals surface area contributed by atoms with Crippen molar-refractivity contribution in [1.82, 2.24) is 24.6 Å². The molecule has 0 saturated carbocycles. The minimum Gasteiger partial charge on any atom is -0.462 e. The molecule has 12 nitrogen and oxygen atoms in total. The smallest absolute Gasteiger partial charge is 0.269 e. The van der Waals surface area contributed by atoms with Gasteiger partial charge in [0.1, 0.15) is 10.4 Å². The molecule has 0 aliphatic carbocycles. The highest BCUT2D eigenvalue weighted by Crippen LogP contribution is 2.33. The third-order valence-electron chi connectivity index (χ3n) is 6.95. The first-order valence-corrected chi connectivity index (χ1v) is 14.7. The number of hydrogen-bond acceptors (Lipinski definition) is 11. The van der Waals surface area contributed by atoms with Gasteiger partial charge in [-0.2, -0.15) is 9.97 Å². The number of benzene rings is 1. The quantitative estimate of drug-likeness (QED) is 0.339. The van der Waals surface area contributed by atoms with E-state index < -0.39 is 15.9 Å². The number of nitrogens with one attached hydrogen (secondary N) is 1. The van der Waals surface area contributed by atoms with Crippen molar-refractivity contribution in [3.8, 4) is 10.8 Å². The second-order valence-corrected chi connectivity index (χ2v) is 12.2. The summed E-state index contributed by atoms with van der Waals surface area (Å²) in [5.74, 6) is 0.884. The molecule has 2 amide bonds. The number of hydrogen-bond donors (Lipinski definition) is 2. The van der Waals surface area contributed by atoms with E-state index in [1.54, 1.807) is 24.5 Å². The van der Waals surface area contributed by atoms with Crippen molar-refractivity contribution in [1.29, 1.82) is 0 Å². The lowest BCUT2D eigenvalue weighted by Gasteiger charge is -2.32. The van der Waals surface area contributed by atoms with Crippen molar-refractivity contribution < 1.29 is 22.4 Å². The van der Waals surface area contributed by atoms with Gasteiger partial charge in [0.15, 0.2) is 21.4 Å². The van der Waals surface area contributed by atoms with E-state index in [9.17, 15) is 18.0 Å². The molecule has 2 aliphatic heterocycles. The number of carbonyl (C=O) groups excluding carboxylic acids is 2. The van der Waals surface area contributed by atoms with E-state index in [0.29, 0.717) is 52.5 Å². The highest BCUT2D eigenvalue weighted by atomic mass is 32.2. The normalized spacial score (nSPS) is 17.1. The summed E-state index contributed by atoms with van der Waals surface area (Å²) >= 11 is 1.40. The monoisotopic (exact) mass is 567 g/mol. The largest absolute Gasteiger partial charge is 0.462 e. The topological polar surface area (TPSA) is 165 Å². The van der Waals surface area contributed by atoms with Gasteiger partial charge in [0.05, 0.1) is 11.8 Å². The first-order valence-electron chi connectivity index (χ1n) is 12.5. The summed E-state index contributed by atoms with van der Waals surface area (Å²) in [6, 6.07) is 9.70. The van der Waals surface area contributed by atoms with Crippen molar-refractivity contribution in [3.05, 3.63) is 48.2 Å². The molecule has 5 heterocycles. The van der Waals surface area contributed by atoms with Gasteiger partial charge in [-0.1, -0.05) is 23.5 Å². The summed E-state index contributed by atoms with van der Waals surface area (Å²) < 4.78 is 31.5. The molecule has 39 heavy (non-hydrogen) atoms. The van der Waals surface area contributed by atoms with Crippen LogP contribution < -0.4 is 16.0 Å². The van der Waals surface area contributed by atoms with Gasteiger partial charge in [0.2, 0.25) is 11.9 Å². The van der Waals surface area contributed by atoms with Crippen LogP contribution in [-0.2, 0) is 14.8 Å². The molecule has 0 atom stereocenters. The molecule has 0 radical (unpaired) electrons. The molecular formula is C25H25N7O5S2. The third kappa shape index (κ3) is 4.69. The summed E-state index contributed by atoms with van der Waals surface area (Å²) in [4.78, 5) is 41.4. The summed E-state index contributed by atoms with van der Waals surface area (Å²) in [7, 11) is -3.92. The van der Waals surface area contributed by atoms with Gasteiger partial charge in [0.25, 0.3) is 15.9 Å². The van der Waals surface area contributed by atoms with E-state index in [1.807, 2.05) is 6.07 Å². The van der Waals surface area contributed by atoms with Crippen LogP contribution in [0.4, 0.5) is 11.8 Å². The van der Waals surface area contributed by atoms with Crippen LogP contribution in [0, 0.1) is 5.92 Å². The van der Waals surface area contributed by atoms with Gasteiger partial charge in [-0.3, -0.25) is 9.59 Å². The lowest BCUT2D eigenvalue weighted by molar-refractivity contribution is -0.121. The molecule has 0 spiro atoms. The molecule has 14 heteroatoms. The SMILES string of the molecule is Nc1nc(N2CCC(CNC(=O)CCN3C(=O)c4ccccc4S3(=O)=O)CC2)nc2sc(-c3ccco3)nc12. The van der Waals surface area contributed by atoms with Gasteiger partial charge in [-0.15, -0.1) is 0 Å². The number of aromatic nitrogens is 3. The number of furan rings is 1. The Bertz CT molecular complexity index is 1660. The Morgan fingerprint density at radius 2 is 1.92 bits per heavy atom. The maximum absolute atomic E-state index is 12.7. The standard InChI is InChI=1S/C25H25N7O5S2/c26-21-20-23(38-22(28-20)17-5-3-13-37-17)30-25(29-21)31-10-7-15(8-11-31)14-27-19(33)9-12-32-24(34)16-4-1-2-6-18(16)39(32,35)36/h1-6,13,15H,7-12,14H2,(H,27,33)(H2,26,29,30). The van der Waals surface area contributed by atoms with Crippen molar-refractivity contribution in [2.45, 2.75) is 24.2 Å². The zero-order valence-electron chi connectivity index (χ0n) is 20.7. The Kier molecular flexibility index (Phi) is 6.43. The molecule has 202 valence electrons. The average Bonchev–Trinajstić information content (AvgIpc) is 3.66. The number of nitrogens with zero attached hydrogens (tertiary/aromatic N) is 5. The number of anilines is 2. The number of fused-ring (bicyclic) bond motifs is 2. The van der Waals surface area contributed by atoms with Gasteiger partial charge in [-0.05, 0) is 43.0 Å². The molecule has 6 rings (SSSR count). The first kappa shape index (κ1) is 25.2. The fourth-order valence-corrected chi connectivity index (χ4v) is 7.30. The first-order chi connectivity index (χ1) is 18.8. The predicted octanol–water partition coefficient (Wildman–Crippen LogP) is 2.50. The van der Waals surface area contributed by atoms with E-state index in [1.165, 1.54) is 23.5 Å². The molecule has 1 fully saturated rings. The van der Waals surface area contributed by atoms with Crippen LogP contribution in [0.5, 0.6) is 0 Å². The molecule has 0 bridgehead atoms. The summed E-state index contributed by atoms with van der Waals surface area (Å²) in [5.41, 5.74) is 6.89. The Morgan fingerprint density at radius 1 is 1.13 bits per heavy atom. The highest BCUT2D eigenvalue weighted by Gasteiger charge is 2.40. The van der Waals surface area contributed by atoms with Crippen LogP contribution in [0.2, 0.25) is 0 Å². The number of rotatable bonds is 7. The van der Waals surface area contributed by atoms with E-state index in [2.05, 4.69) is 25.2 Å². The fraction of sp³-hybridized carbons (Fsp3) is 0.320. The third-order valence-corrected chi connectivity index (χ3v) is 9.75. The van der Waals surface area contributed by atoms with Crippen LogP contribution in [0.3, 0.4) is 0 Å². The molecule has 3 aromatic heterocycles. The van der Waals surface area contributed by atoms with E-state index in [-0.39, 0.29) is 35.2 Å². The number of carbonyl (C=O) groups is 2. The van der Waals surface area contributed by atoms with Gasteiger partial charge < -0.3 is 20.4 Å². The van der Waals surface area contributed by atoms with Crippen LogP contribution in [0.15, 0.2) is 52.0 Å². The van der Waals surface area contributed by atoms with E-state index in [0.717, 1.165) is 17.1 Å². The van der Waals surface area contributed by atoms with Crippen molar-refractivity contribution >= 4 is 55.3 Å². The summed E-state index contributed by atoms with van der Waals surface area (Å²) in [5, 5.41) is 3.58. The summed E-state index contributed by atoms with van der Waals surface area (Å²) in [6.45, 7) is 1.68. The lowest BCUT2D eigenvalue weighted by atomic mass is 9.97. The average molecular weight is 568 g/mol. The molecular weight excluding hydrogens is 542 g/mol. The molecule has 1 aromatic carbocycles. The number of piperidine rings is 1. The minimum atomic E-state index is -3.92. The second-order valence-electron chi connectivity index (χ2n) is 9.42. The van der Waals surface area contributed by atoms with E-state index in [4.69, 9.17) is 10.2 Å². The Balaban J connectivity index is 1.01. The number of amides is 2. The lowest BCUT2D eigenvalue weighted by Crippen LogP contribution is -2.40. The maximum Gasteiger partial charge on any atom is 0.269 e. The van der Waals surface area contributed by atoms with Crippen molar-refractivity contribution in [2.24, 2.45) is 5.92 Å². The zero-order chi connectivity index (χ0) is 27.1. The predicted molar refractivity (Wildman–Crippen MR) is 145 cm³/mol. The Morgan fingerprint density at radius 3 is 2.67 bits per heavy atom. The minimum absolute atomic E-state index is 0.0136. The van der Waals surface area contributed by atoms with Gasteiger partial charge in [0, 0.05) is 32.6 Å². The van der Waals surface area contributed by atoms with Crippen LogP contribution in [0.25, 0.3) is 21.1 Å². The number of nitrogen functional groups attached to an aromatic ring is 1. The molecule has 1 saturated heterocycles. The van der Waals surface area contributed by atoms with Crippen molar-refractivity contribution in [2.75, 3.05) is 36.8 Å². The van der Waals surface area contributed by atoms with Crippen LogP contribution in [0.1, 0.15) is 29.6 Å². The Hall–Kier alpha value is -4.04. The molecule has 4 aromatic rings. The van der Waals surface area contributed by atoms with E-state index >= 15 is 0 Å². The number of sulfonamides is 1. The number of nitrogens with two attached hydrogens (primary N) is 1. The van der Waals surface area contributed by atoms with Gasteiger partial charge in [-0.25, -0.2) is 17.7 Å². The number of thiazole rings is 1. The second kappa shape index (κ2) is 9.93.